The van der Waals surface area contributed by atoms with Crippen molar-refractivity contribution in [2.75, 3.05) is 25.1 Å². The Balaban J connectivity index is 2.18. The van der Waals surface area contributed by atoms with Gasteiger partial charge in [0.15, 0.2) is 0 Å². The molecular weight excluding hydrogens is 200 g/mol. The molecule has 0 heterocycles. The third-order valence-corrected chi connectivity index (χ3v) is 1.95. The van der Waals surface area contributed by atoms with Gasteiger partial charge in [-0.1, -0.05) is 18.2 Å². The number of benzene rings is 1. The van der Waals surface area contributed by atoms with Gasteiger partial charge in [0.2, 0.25) is 0 Å². The summed E-state index contributed by atoms with van der Waals surface area (Å²) in [4.78, 5) is 0. The van der Waals surface area contributed by atoms with E-state index in [1.54, 1.807) is 0 Å². The summed E-state index contributed by atoms with van der Waals surface area (Å²) in [5.41, 5.74) is 2.14. The van der Waals surface area contributed by atoms with E-state index in [4.69, 9.17) is 4.74 Å². The fourth-order valence-electron chi connectivity index (χ4n) is 1.20. The zero-order chi connectivity index (χ0) is 11.1. The first-order valence-electron chi connectivity index (χ1n) is 4.85. The van der Waals surface area contributed by atoms with Crippen molar-refractivity contribution < 1.29 is 13.5 Å². The molecule has 4 heteroatoms. The minimum atomic E-state index is -2.39. The van der Waals surface area contributed by atoms with Gasteiger partial charge in [0, 0.05) is 12.2 Å². The molecule has 1 N–H and O–H groups in total. The van der Waals surface area contributed by atoms with Crippen molar-refractivity contribution in [2.24, 2.45) is 0 Å². The lowest BCUT2D eigenvalue weighted by molar-refractivity contribution is 0.0215. The van der Waals surface area contributed by atoms with Crippen LogP contribution in [-0.4, -0.2) is 26.2 Å². The summed E-state index contributed by atoms with van der Waals surface area (Å²) in [6, 6.07) is 7.81. The van der Waals surface area contributed by atoms with Crippen LogP contribution in [0.1, 0.15) is 5.56 Å². The van der Waals surface area contributed by atoms with Crippen molar-refractivity contribution in [3.8, 4) is 0 Å². The molecular formula is C11H15F2NO. The molecule has 15 heavy (non-hydrogen) atoms. The molecule has 0 radical (unpaired) electrons. The fourth-order valence-corrected chi connectivity index (χ4v) is 1.20. The standard InChI is InChI=1S/C11H15F2NO/c1-9-4-2-3-5-10(9)14-6-7-15-8-11(12)13/h2-5,11,14H,6-8H2,1H3. The third-order valence-electron chi connectivity index (χ3n) is 1.95. The summed E-state index contributed by atoms with van der Waals surface area (Å²) in [5.74, 6) is 0. The number of nitrogens with one attached hydrogen (secondary N) is 1. The van der Waals surface area contributed by atoms with Crippen LogP contribution in [0.3, 0.4) is 0 Å². The molecule has 0 unspecified atom stereocenters. The summed E-state index contributed by atoms with van der Waals surface area (Å²) in [5, 5.41) is 3.12. The van der Waals surface area contributed by atoms with E-state index in [1.807, 2.05) is 31.2 Å². The Morgan fingerprint density at radius 1 is 1.33 bits per heavy atom. The van der Waals surface area contributed by atoms with E-state index in [-0.39, 0.29) is 0 Å². The molecule has 0 saturated carbocycles. The molecule has 0 aliphatic carbocycles. The Labute approximate surface area is 88.3 Å². The second kappa shape index (κ2) is 6.35. The van der Waals surface area contributed by atoms with E-state index in [0.29, 0.717) is 13.2 Å². The summed E-state index contributed by atoms with van der Waals surface area (Å²) in [6.45, 7) is 2.33. The first kappa shape index (κ1) is 11.9. The Bertz CT molecular complexity index is 292. The molecule has 0 fully saturated rings. The Morgan fingerprint density at radius 3 is 2.73 bits per heavy atom. The monoisotopic (exact) mass is 215 g/mol. The summed E-state index contributed by atoms with van der Waals surface area (Å²) in [7, 11) is 0. The molecule has 1 rings (SSSR count). The highest BCUT2D eigenvalue weighted by Gasteiger charge is 2.01. The van der Waals surface area contributed by atoms with Crippen molar-refractivity contribution in [3.63, 3.8) is 0 Å². The van der Waals surface area contributed by atoms with Crippen LogP contribution in [0.5, 0.6) is 0 Å². The van der Waals surface area contributed by atoms with Crippen LogP contribution in [0.2, 0.25) is 0 Å². The molecule has 0 atom stereocenters. The van der Waals surface area contributed by atoms with Crippen molar-refractivity contribution >= 4 is 5.69 Å². The molecule has 0 spiro atoms. The highest BCUT2D eigenvalue weighted by molar-refractivity contribution is 5.50. The second-order valence-electron chi connectivity index (χ2n) is 3.21. The fraction of sp³-hybridized carbons (Fsp3) is 0.455. The minimum absolute atomic E-state index is 0.290. The van der Waals surface area contributed by atoms with Crippen LogP contribution < -0.4 is 5.32 Å². The molecule has 0 saturated heterocycles. The number of ether oxygens (including phenoxy) is 1. The smallest absolute Gasteiger partial charge is 0.261 e. The lowest BCUT2D eigenvalue weighted by Crippen LogP contribution is -2.13. The Morgan fingerprint density at radius 2 is 2.07 bits per heavy atom. The van der Waals surface area contributed by atoms with Gasteiger partial charge in [0.05, 0.1) is 6.61 Å². The molecule has 84 valence electrons. The average Bonchev–Trinajstić information content (AvgIpc) is 2.20. The molecule has 0 aliphatic heterocycles. The SMILES string of the molecule is Cc1ccccc1NCCOCC(F)F. The number of anilines is 1. The minimum Gasteiger partial charge on any atom is -0.383 e. The number of hydrogen-bond donors (Lipinski definition) is 1. The Kier molecular flexibility index (Phi) is 5.04. The average molecular weight is 215 g/mol. The quantitative estimate of drug-likeness (QED) is 0.737. The van der Waals surface area contributed by atoms with Crippen molar-refractivity contribution in [1.82, 2.24) is 0 Å². The summed E-state index contributed by atoms with van der Waals surface area (Å²) < 4.78 is 28.2. The van der Waals surface area contributed by atoms with Crippen LogP contribution in [-0.2, 0) is 4.74 Å². The number of alkyl halides is 2. The van der Waals surface area contributed by atoms with E-state index in [1.165, 1.54) is 0 Å². The van der Waals surface area contributed by atoms with Gasteiger partial charge in [0.1, 0.15) is 6.61 Å². The van der Waals surface area contributed by atoms with E-state index >= 15 is 0 Å². The van der Waals surface area contributed by atoms with Crippen molar-refractivity contribution in [3.05, 3.63) is 29.8 Å². The summed E-state index contributed by atoms with van der Waals surface area (Å²) >= 11 is 0. The predicted octanol–water partition coefficient (Wildman–Crippen LogP) is 2.69. The summed E-state index contributed by atoms with van der Waals surface area (Å²) in [6.07, 6.45) is -2.39. The molecule has 0 bridgehead atoms. The van der Waals surface area contributed by atoms with E-state index in [0.717, 1.165) is 11.3 Å². The highest BCUT2D eigenvalue weighted by Crippen LogP contribution is 2.12. The zero-order valence-electron chi connectivity index (χ0n) is 8.67. The van der Waals surface area contributed by atoms with Crippen molar-refractivity contribution in [1.29, 1.82) is 0 Å². The molecule has 1 aromatic rings. The van der Waals surface area contributed by atoms with Gasteiger partial charge in [-0.05, 0) is 18.6 Å². The van der Waals surface area contributed by atoms with Gasteiger partial charge in [0.25, 0.3) is 6.43 Å². The normalized spacial score (nSPS) is 10.7. The maximum Gasteiger partial charge on any atom is 0.261 e. The maximum atomic E-state index is 11.7. The Hall–Kier alpha value is -1.16. The second-order valence-corrected chi connectivity index (χ2v) is 3.21. The van der Waals surface area contributed by atoms with Gasteiger partial charge in [-0.25, -0.2) is 8.78 Å². The molecule has 0 aromatic heterocycles. The van der Waals surface area contributed by atoms with Crippen molar-refractivity contribution in [2.45, 2.75) is 13.3 Å². The van der Waals surface area contributed by atoms with Gasteiger partial charge in [-0.15, -0.1) is 0 Å². The maximum absolute atomic E-state index is 11.7. The van der Waals surface area contributed by atoms with Gasteiger partial charge in [-0.3, -0.25) is 0 Å². The van der Waals surface area contributed by atoms with Crippen LogP contribution in [0.4, 0.5) is 14.5 Å². The molecule has 0 aliphatic rings. The number of para-hydroxylation sites is 1. The lowest BCUT2D eigenvalue weighted by Gasteiger charge is -2.09. The molecule has 2 nitrogen and oxygen atoms in total. The number of hydrogen-bond acceptors (Lipinski definition) is 2. The van der Waals surface area contributed by atoms with Gasteiger partial charge in [-0.2, -0.15) is 0 Å². The lowest BCUT2D eigenvalue weighted by atomic mass is 10.2. The van der Waals surface area contributed by atoms with E-state index in [2.05, 4.69) is 5.32 Å². The predicted molar refractivity (Wildman–Crippen MR) is 56.5 cm³/mol. The largest absolute Gasteiger partial charge is 0.383 e. The van der Waals surface area contributed by atoms with E-state index < -0.39 is 13.0 Å². The number of rotatable bonds is 6. The zero-order valence-corrected chi connectivity index (χ0v) is 8.67. The number of aryl methyl sites for hydroxylation is 1. The first-order valence-corrected chi connectivity index (χ1v) is 4.85. The van der Waals surface area contributed by atoms with Crippen LogP contribution in [0.25, 0.3) is 0 Å². The van der Waals surface area contributed by atoms with Gasteiger partial charge >= 0.3 is 0 Å². The third kappa shape index (κ3) is 4.74. The van der Waals surface area contributed by atoms with Crippen LogP contribution in [0, 0.1) is 6.92 Å². The topological polar surface area (TPSA) is 21.3 Å². The number of halogens is 2. The van der Waals surface area contributed by atoms with E-state index in [9.17, 15) is 8.78 Å². The van der Waals surface area contributed by atoms with Crippen LogP contribution >= 0.6 is 0 Å². The highest BCUT2D eigenvalue weighted by atomic mass is 19.3. The van der Waals surface area contributed by atoms with Crippen LogP contribution in [0.15, 0.2) is 24.3 Å². The molecule has 0 amide bonds. The van der Waals surface area contributed by atoms with Gasteiger partial charge < -0.3 is 10.1 Å². The molecule has 1 aromatic carbocycles. The first-order chi connectivity index (χ1) is 7.20.